The van der Waals surface area contributed by atoms with E-state index in [1.807, 2.05) is 6.20 Å². The van der Waals surface area contributed by atoms with Crippen LogP contribution in [0.3, 0.4) is 0 Å². The number of pyridine rings is 1. The molecule has 0 saturated carbocycles. The SMILES string of the molecule is CCc1cc(C)cnc1C(C)c1ccc(C)cc1C. The Morgan fingerprint density at radius 3 is 2.42 bits per heavy atom. The van der Waals surface area contributed by atoms with Gasteiger partial charge in [0.05, 0.1) is 5.69 Å². The molecule has 0 radical (unpaired) electrons. The summed E-state index contributed by atoms with van der Waals surface area (Å²) in [6.07, 6.45) is 3.02. The van der Waals surface area contributed by atoms with E-state index in [0.717, 1.165) is 6.42 Å². The zero-order valence-electron chi connectivity index (χ0n) is 12.6. The van der Waals surface area contributed by atoms with Gasteiger partial charge in [-0.15, -0.1) is 0 Å². The van der Waals surface area contributed by atoms with Crippen molar-refractivity contribution in [2.45, 2.75) is 47.0 Å². The minimum atomic E-state index is 0.358. The molecule has 2 aromatic rings. The minimum absolute atomic E-state index is 0.358. The van der Waals surface area contributed by atoms with Crippen LogP contribution in [0, 0.1) is 20.8 Å². The minimum Gasteiger partial charge on any atom is -0.260 e. The fraction of sp³-hybridized carbons (Fsp3) is 0.389. The van der Waals surface area contributed by atoms with Crippen molar-refractivity contribution in [1.29, 1.82) is 0 Å². The van der Waals surface area contributed by atoms with Crippen molar-refractivity contribution < 1.29 is 0 Å². The lowest BCUT2D eigenvalue weighted by molar-refractivity contribution is 0.832. The van der Waals surface area contributed by atoms with Crippen molar-refractivity contribution in [3.05, 3.63) is 64.0 Å². The Morgan fingerprint density at radius 1 is 1.05 bits per heavy atom. The fourth-order valence-electron chi connectivity index (χ4n) is 2.77. The second-order valence-electron chi connectivity index (χ2n) is 5.49. The Hall–Kier alpha value is -1.63. The summed E-state index contributed by atoms with van der Waals surface area (Å²) in [7, 11) is 0. The highest BCUT2D eigenvalue weighted by Gasteiger charge is 2.15. The number of nitrogens with zero attached hydrogens (tertiary/aromatic N) is 1. The van der Waals surface area contributed by atoms with Gasteiger partial charge in [-0.1, -0.05) is 43.7 Å². The van der Waals surface area contributed by atoms with Crippen LogP contribution in [0.25, 0.3) is 0 Å². The van der Waals surface area contributed by atoms with E-state index in [-0.39, 0.29) is 0 Å². The Labute approximate surface area is 116 Å². The van der Waals surface area contributed by atoms with Gasteiger partial charge >= 0.3 is 0 Å². The quantitative estimate of drug-likeness (QED) is 0.771. The number of hydrogen-bond donors (Lipinski definition) is 0. The van der Waals surface area contributed by atoms with Gasteiger partial charge in [-0.25, -0.2) is 0 Å². The van der Waals surface area contributed by atoms with Crippen LogP contribution in [0.1, 0.15) is 53.3 Å². The van der Waals surface area contributed by atoms with E-state index in [2.05, 4.69) is 63.9 Å². The van der Waals surface area contributed by atoms with Crippen LogP contribution in [-0.4, -0.2) is 4.98 Å². The molecule has 0 aliphatic carbocycles. The van der Waals surface area contributed by atoms with Crippen molar-refractivity contribution in [3.63, 3.8) is 0 Å². The van der Waals surface area contributed by atoms with Crippen LogP contribution in [0.2, 0.25) is 0 Å². The van der Waals surface area contributed by atoms with Crippen LogP contribution >= 0.6 is 0 Å². The summed E-state index contributed by atoms with van der Waals surface area (Å²) >= 11 is 0. The second kappa shape index (κ2) is 5.56. The Balaban J connectivity index is 2.46. The first-order chi connectivity index (χ1) is 9.02. The molecule has 0 bridgehead atoms. The van der Waals surface area contributed by atoms with E-state index in [0.29, 0.717) is 5.92 Å². The third-order valence-corrected chi connectivity index (χ3v) is 3.82. The van der Waals surface area contributed by atoms with Crippen molar-refractivity contribution in [2.75, 3.05) is 0 Å². The Bertz CT molecular complexity index is 584. The fourth-order valence-corrected chi connectivity index (χ4v) is 2.77. The lowest BCUT2D eigenvalue weighted by atomic mass is 9.89. The number of aryl methyl sites for hydroxylation is 4. The highest BCUT2D eigenvalue weighted by Crippen LogP contribution is 2.28. The molecule has 0 saturated heterocycles. The lowest BCUT2D eigenvalue weighted by Gasteiger charge is -2.18. The zero-order valence-corrected chi connectivity index (χ0v) is 12.6. The molecule has 0 spiro atoms. The van der Waals surface area contributed by atoms with Gasteiger partial charge in [-0.05, 0) is 49.4 Å². The molecule has 19 heavy (non-hydrogen) atoms. The van der Waals surface area contributed by atoms with E-state index in [9.17, 15) is 0 Å². The molecule has 0 amide bonds. The predicted octanol–water partition coefficient (Wildman–Crippen LogP) is 4.72. The molecule has 100 valence electrons. The number of benzene rings is 1. The molecule has 2 rings (SSSR count). The standard InChI is InChI=1S/C18H23N/c1-6-16-10-13(3)11-19-18(16)15(5)17-8-7-12(2)9-14(17)4/h7-11,15H,6H2,1-5H3. The molecule has 1 atom stereocenters. The first-order valence-electron chi connectivity index (χ1n) is 7.05. The van der Waals surface area contributed by atoms with Crippen LogP contribution in [0.5, 0.6) is 0 Å². The van der Waals surface area contributed by atoms with Gasteiger partial charge in [0, 0.05) is 12.1 Å². The van der Waals surface area contributed by atoms with Crippen molar-refractivity contribution in [1.82, 2.24) is 4.98 Å². The Morgan fingerprint density at radius 2 is 1.79 bits per heavy atom. The van der Waals surface area contributed by atoms with Gasteiger partial charge in [0.2, 0.25) is 0 Å². The summed E-state index contributed by atoms with van der Waals surface area (Å²) in [5, 5.41) is 0. The van der Waals surface area contributed by atoms with Gasteiger partial charge in [0.1, 0.15) is 0 Å². The second-order valence-corrected chi connectivity index (χ2v) is 5.49. The van der Waals surface area contributed by atoms with Crippen LogP contribution in [-0.2, 0) is 6.42 Å². The normalized spacial score (nSPS) is 12.5. The maximum Gasteiger partial charge on any atom is 0.0507 e. The maximum absolute atomic E-state index is 4.69. The van der Waals surface area contributed by atoms with Gasteiger partial charge in [-0.3, -0.25) is 4.98 Å². The predicted molar refractivity (Wildman–Crippen MR) is 81.8 cm³/mol. The summed E-state index contributed by atoms with van der Waals surface area (Å²) in [5.41, 5.74) is 7.90. The molecule has 1 unspecified atom stereocenters. The van der Waals surface area contributed by atoms with Gasteiger partial charge in [-0.2, -0.15) is 0 Å². The molecule has 1 heterocycles. The highest BCUT2D eigenvalue weighted by atomic mass is 14.7. The van der Waals surface area contributed by atoms with E-state index >= 15 is 0 Å². The Kier molecular flexibility index (Phi) is 4.04. The third-order valence-electron chi connectivity index (χ3n) is 3.82. The smallest absolute Gasteiger partial charge is 0.0507 e. The maximum atomic E-state index is 4.69. The largest absolute Gasteiger partial charge is 0.260 e. The van der Waals surface area contributed by atoms with Crippen LogP contribution < -0.4 is 0 Å². The molecule has 1 heteroatoms. The molecule has 0 aliphatic rings. The summed E-state index contributed by atoms with van der Waals surface area (Å²) in [5.74, 6) is 0.358. The lowest BCUT2D eigenvalue weighted by Crippen LogP contribution is -2.06. The summed E-state index contributed by atoms with van der Waals surface area (Å²) in [6, 6.07) is 8.96. The zero-order chi connectivity index (χ0) is 14.0. The van der Waals surface area contributed by atoms with E-state index in [1.165, 1.54) is 33.5 Å². The topological polar surface area (TPSA) is 12.9 Å². The summed E-state index contributed by atoms with van der Waals surface area (Å²) < 4.78 is 0. The molecular weight excluding hydrogens is 230 g/mol. The van der Waals surface area contributed by atoms with Gasteiger partial charge in [0.25, 0.3) is 0 Å². The number of rotatable bonds is 3. The first-order valence-corrected chi connectivity index (χ1v) is 7.05. The third kappa shape index (κ3) is 2.86. The number of aromatic nitrogens is 1. The first kappa shape index (κ1) is 13.8. The summed E-state index contributed by atoms with van der Waals surface area (Å²) in [6.45, 7) is 10.9. The van der Waals surface area contributed by atoms with Crippen LogP contribution in [0.4, 0.5) is 0 Å². The van der Waals surface area contributed by atoms with Gasteiger partial charge < -0.3 is 0 Å². The molecule has 1 nitrogen and oxygen atoms in total. The number of hydrogen-bond acceptors (Lipinski definition) is 1. The molecule has 1 aromatic heterocycles. The van der Waals surface area contributed by atoms with Crippen molar-refractivity contribution >= 4 is 0 Å². The summed E-state index contributed by atoms with van der Waals surface area (Å²) in [4.78, 5) is 4.69. The van der Waals surface area contributed by atoms with Crippen molar-refractivity contribution in [3.8, 4) is 0 Å². The average Bonchev–Trinajstić information content (AvgIpc) is 2.37. The molecule has 0 aliphatic heterocycles. The highest BCUT2D eigenvalue weighted by molar-refractivity contribution is 5.39. The van der Waals surface area contributed by atoms with Crippen molar-refractivity contribution in [2.24, 2.45) is 0 Å². The molecular formula is C18H23N. The van der Waals surface area contributed by atoms with E-state index in [1.54, 1.807) is 0 Å². The van der Waals surface area contributed by atoms with Gasteiger partial charge in [0.15, 0.2) is 0 Å². The van der Waals surface area contributed by atoms with E-state index < -0.39 is 0 Å². The average molecular weight is 253 g/mol. The molecule has 0 N–H and O–H groups in total. The molecule has 0 fully saturated rings. The molecule has 1 aromatic carbocycles. The monoisotopic (exact) mass is 253 g/mol. The van der Waals surface area contributed by atoms with Crippen LogP contribution in [0.15, 0.2) is 30.5 Å². The van der Waals surface area contributed by atoms with E-state index in [4.69, 9.17) is 0 Å².